The number of benzene rings is 2. The molecule has 0 N–H and O–H groups in total. The number of ether oxygens (including phenoxy) is 2. The Hall–Kier alpha value is -2.29. The third-order valence-corrected chi connectivity index (χ3v) is 4.88. The van der Waals surface area contributed by atoms with Crippen LogP contribution in [0.2, 0.25) is 0 Å². The summed E-state index contributed by atoms with van der Waals surface area (Å²) in [5.41, 5.74) is 0.993. The number of hydrogen-bond donors (Lipinski definition) is 0. The van der Waals surface area contributed by atoms with Crippen molar-refractivity contribution in [3.05, 3.63) is 60.2 Å². The molecule has 0 amide bonds. The van der Waals surface area contributed by atoms with Gasteiger partial charge in [-0.25, -0.2) is 0 Å². The molecule has 0 heterocycles. The maximum atomic E-state index is 12.1. The molecule has 3 heteroatoms. The Morgan fingerprint density at radius 1 is 1.04 bits per heavy atom. The van der Waals surface area contributed by atoms with E-state index in [1.807, 2.05) is 54.6 Å². The van der Waals surface area contributed by atoms with E-state index in [0.717, 1.165) is 17.1 Å². The first-order chi connectivity index (χ1) is 11.0. The molecule has 0 spiro atoms. The van der Waals surface area contributed by atoms with E-state index in [1.54, 1.807) is 0 Å². The first-order valence-corrected chi connectivity index (χ1v) is 7.97. The van der Waals surface area contributed by atoms with E-state index in [0.29, 0.717) is 5.92 Å². The van der Waals surface area contributed by atoms with Crippen LogP contribution in [0.3, 0.4) is 0 Å². The average molecular weight is 310 g/mol. The Bertz CT molecular complexity index is 691. The van der Waals surface area contributed by atoms with Crippen LogP contribution >= 0.6 is 0 Å². The molecule has 0 bridgehead atoms. The zero-order chi connectivity index (χ0) is 16.4. The van der Waals surface area contributed by atoms with Gasteiger partial charge in [0.1, 0.15) is 18.1 Å². The molecule has 23 heavy (non-hydrogen) atoms. The van der Waals surface area contributed by atoms with Crippen molar-refractivity contribution in [3.8, 4) is 11.5 Å². The predicted molar refractivity (Wildman–Crippen MR) is 89.2 cm³/mol. The van der Waals surface area contributed by atoms with Crippen molar-refractivity contribution in [2.24, 2.45) is 17.3 Å². The smallest absolute Gasteiger partial charge is 0.310 e. The summed E-state index contributed by atoms with van der Waals surface area (Å²) in [6, 6.07) is 17.3. The maximum absolute atomic E-state index is 12.1. The monoisotopic (exact) mass is 310 g/mol. The minimum Gasteiger partial charge on any atom is -0.461 e. The Kier molecular flexibility index (Phi) is 4.12. The molecule has 0 aliphatic heterocycles. The third-order valence-electron chi connectivity index (χ3n) is 4.88. The molecule has 2 atom stereocenters. The summed E-state index contributed by atoms with van der Waals surface area (Å²) in [6.07, 6.45) is 0. The Labute approximate surface area is 137 Å². The number of rotatable bonds is 5. The van der Waals surface area contributed by atoms with Gasteiger partial charge in [-0.15, -0.1) is 0 Å². The van der Waals surface area contributed by atoms with Gasteiger partial charge in [0, 0.05) is 0 Å². The van der Waals surface area contributed by atoms with E-state index in [4.69, 9.17) is 9.47 Å². The van der Waals surface area contributed by atoms with Crippen LogP contribution in [0.1, 0.15) is 26.3 Å². The summed E-state index contributed by atoms with van der Waals surface area (Å²) in [4.78, 5) is 12.1. The number of para-hydroxylation sites is 1. The molecule has 3 nitrogen and oxygen atoms in total. The summed E-state index contributed by atoms with van der Waals surface area (Å²) in [5.74, 6) is 1.84. The van der Waals surface area contributed by atoms with Crippen molar-refractivity contribution in [3.63, 3.8) is 0 Å². The molecule has 0 unspecified atom stereocenters. The number of carbonyl (C=O) groups excluding carboxylic acids is 1. The van der Waals surface area contributed by atoms with Gasteiger partial charge in [0.2, 0.25) is 0 Å². The number of hydrogen-bond acceptors (Lipinski definition) is 3. The highest BCUT2D eigenvalue weighted by atomic mass is 16.5. The van der Waals surface area contributed by atoms with Gasteiger partial charge >= 0.3 is 5.97 Å². The summed E-state index contributed by atoms with van der Waals surface area (Å²) >= 11 is 0. The molecule has 3 rings (SSSR count). The van der Waals surface area contributed by atoms with Gasteiger partial charge in [-0.1, -0.05) is 51.1 Å². The molecule has 0 aromatic heterocycles. The van der Waals surface area contributed by atoms with Crippen molar-refractivity contribution in [2.45, 2.75) is 27.4 Å². The first-order valence-electron chi connectivity index (χ1n) is 7.97. The minimum atomic E-state index is -0.100. The fourth-order valence-corrected chi connectivity index (χ4v) is 2.97. The molecule has 1 aliphatic carbocycles. The van der Waals surface area contributed by atoms with Crippen molar-refractivity contribution in [2.75, 3.05) is 0 Å². The second-order valence-electron chi connectivity index (χ2n) is 6.76. The molecule has 2 aromatic carbocycles. The lowest BCUT2D eigenvalue weighted by molar-refractivity contribution is -0.147. The highest BCUT2D eigenvalue weighted by Crippen LogP contribution is 2.58. The quantitative estimate of drug-likeness (QED) is 0.743. The van der Waals surface area contributed by atoms with E-state index < -0.39 is 0 Å². The summed E-state index contributed by atoms with van der Waals surface area (Å²) < 4.78 is 11.3. The van der Waals surface area contributed by atoms with Gasteiger partial charge in [-0.3, -0.25) is 4.79 Å². The van der Waals surface area contributed by atoms with Crippen LogP contribution in [-0.4, -0.2) is 5.97 Å². The minimum absolute atomic E-state index is 0.0197. The van der Waals surface area contributed by atoms with E-state index >= 15 is 0 Å². The zero-order valence-corrected chi connectivity index (χ0v) is 13.8. The predicted octanol–water partition coefficient (Wildman–Crippen LogP) is 4.81. The maximum Gasteiger partial charge on any atom is 0.310 e. The molecule has 2 aromatic rings. The molecule has 120 valence electrons. The lowest BCUT2D eigenvalue weighted by Crippen LogP contribution is -2.10. The average Bonchev–Trinajstić information content (AvgIpc) is 3.04. The molecular formula is C20H22O3. The topological polar surface area (TPSA) is 35.5 Å². The number of carbonyl (C=O) groups is 1. The van der Waals surface area contributed by atoms with Crippen LogP contribution in [0.25, 0.3) is 0 Å². The van der Waals surface area contributed by atoms with Gasteiger partial charge in [0.25, 0.3) is 0 Å². The van der Waals surface area contributed by atoms with Crippen LogP contribution in [0, 0.1) is 17.3 Å². The van der Waals surface area contributed by atoms with Crippen LogP contribution in [0.5, 0.6) is 11.5 Å². The van der Waals surface area contributed by atoms with Gasteiger partial charge in [-0.2, -0.15) is 0 Å². The Balaban J connectivity index is 1.59. The molecular weight excluding hydrogens is 288 g/mol. The summed E-state index contributed by atoms with van der Waals surface area (Å²) in [5, 5.41) is 0. The normalized spacial score (nSPS) is 21.5. The van der Waals surface area contributed by atoms with Crippen LogP contribution in [0.15, 0.2) is 54.6 Å². The van der Waals surface area contributed by atoms with E-state index in [1.165, 1.54) is 0 Å². The highest BCUT2D eigenvalue weighted by molar-refractivity contribution is 5.77. The summed E-state index contributed by atoms with van der Waals surface area (Å²) in [6.45, 7) is 6.60. The van der Waals surface area contributed by atoms with Crippen molar-refractivity contribution < 1.29 is 14.3 Å². The van der Waals surface area contributed by atoms with Crippen LogP contribution < -0.4 is 4.74 Å². The molecule has 1 saturated carbocycles. The molecule has 0 saturated heterocycles. The second kappa shape index (κ2) is 6.07. The SMILES string of the molecule is C[C@H]1[C@@H](C(=O)OCc2cccc(Oc3ccccc3)c2)C1(C)C. The fraction of sp³-hybridized carbons (Fsp3) is 0.350. The fourth-order valence-electron chi connectivity index (χ4n) is 2.97. The van der Waals surface area contributed by atoms with Crippen LogP contribution in [0.4, 0.5) is 0 Å². The van der Waals surface area contributed by atoms with Gasteiger partial charge in [-0.05, 0) is 41.2 Å². The Morgan fingerprint density at radius 2 is 1.70 bits per heavy atom. The van der Waals surface area contributed by atoms with Crippen molar-refractivity contribution in [1.29, 1.82) is 0 Å². The van der Waals surface area contributed by atoms with Crippen molar-refractivity contribution >= 4 is 5.97 Å². The lowest BCUT2D eigenvalue weighted by atomic mass is 10.1. The highest BCUT2D eigenvalue weighted by Gasteiger charge is 2.59. The van der Waals surface area contributed by atoms with Gasteiger partial charge in [0.15, 0.2) is 0 Å². The first kappa shape index (κ1) is 15.6. The van der Waals surface area contributed by atoms with Crippen LogP contribution in [-0.2, 0) is 16.1 Å². The third kappa shape index (κ3) is 3.39. The number of esters is 1. The van der Waals surface area contributed by atoms with E-state index in [9.17, 15) is 4.79 Å². The van der Waals surface area contributed by atoms with Crippen molar-refractivity contribution in [1.82, 2.24) is 0 Å². The van der Waals surface area contributed by atoms with Gasteiger partial charge < -0.3 is 9.47 Å². The largest absolute Gasteiger partial charge is 0.461 e. The standard InChI is InChI=1S/C20H22O3/c1-14-18(20(14,2)3)19(21)22-13-15-8-7-11-17(12-15)23-16-9-5-4-6-10-16/h4-12,14,18H,13H2,1-3H3/t14-,18-/m0/s1. The van der Waals surface area contributed by atoms with Gasteiger partial charge in [0.05, 0.1) is 5.92 Å². The van der Waals surface area contributed by atoms with E-state index in [2.05, 4.69) is 20.8 Å². The molecule has 0 radical (unpaired) electrons. The summed E-state index contributed by atoms with van der Waals surface area (Å²) in [7, 11) is 0. The lowest BCUT2D eigenvalue weighted by Gasteiger charge is -2.09. The molecule has 1 aliphatic rings. The Morgan fingerprint density at radius 3 is 2.35 bits per heavy atom. The molecule has 1 fully saturated rings. The zero-order valence-electron chi connectivity index (χ0n) is 13.8. The van der Waals surface area contributed by atoms with E-state index in [-0.39, 0.29) is 23.9 Å². The second-order valence-corrected chi connectivity index (χ2v) is 6.76.